The van der Waals surface area contributed by atoms with Gasteiger partial charge in [0.25, 0.3) is 0 Å². The maximum Gasteiger partial charge on any atom is 0.231 e. The fourth-order valence-electron chi connectivity index (χ4n) is 2.05. The molecule has 3 heterocycles. The van der Waals surface area contributed by atoms with Crippen molar-refractivity contribution >= 4 is 8.37 Å². The second-order valence-corrected chi connectivity index (χ2v) is 5.85. The summed E-state index contributed by atoms with van der Waals surface area (Å²) >= 11 is 0. The van der Waals surface area contributed by atoms with Crippen molar-refractivity contribution in [2.24, 2.45) is 0 Å². The number of rotatable bonds is 0. The van der Waals surface area contributed by atoms with Gasteiger partial charge in [-0.15, -0.1) is 0 Å². The summed E-state index contributed by atoms with van der Waals surface area (Å²) in [5, 5.41) is 0. The number of hydrogen-bond donors (Lipinski definition) is 0. The number of terminal acetylenes is 3. The van der Waals surface area contributed by atoms with Gasteiger partial charge in [-0.05, 0) is 0 Å². The fraction of sp³-hybridized carbons (Fsp3) is 0.500. The van der Waals surface area contributed by atoms with Crippen molar-refractivity contribution in [3.63, 3.8) is 0 Å². The zero-order chi connectivity index (χ0) is 12.3. The predicted molar refractivity (Wildman–Crippen MR) is 70.0 cm³/mol. The van der Waals surface area contributed by atoms with E-state index < -0.39 is 8.37 Å². The Hall–Kier alpha value is -1.53. The number of fused-ring (bicyclic) bond motifs is 6. The third-order valence-corrected chi connectivity index (χ3v) is 5.22. The SMILES string of the molecule is C#CN1CCN2CCN(C#C)P1N(C#C)CC2. The molecule has 0 aromatic rings. The Morgan fingerprint density at radius 3 is 1.29 bits per heavy atom. The molecule has 3 aliphatic heterocycles. The van der Waals surface area contributed by atoms with Gasteiger partial charge in [0.05, 0.1) is 0 Å². The quantitative estimate of drug-likeness (QED) is 0.448. The van der Waals surface area contributed by atoms with Gasteiger partial charge in [0.2, 0.25) is 8.37 Å². The van der Waals surface area contributed by atoms with Crippen molar-refractivity contribution in [1.29, 1.82) is 0 Å². The van der Waals surface area contributed by atoms with Crippen LogP contribution < -0.4 is 0 Å². The molecule has 0 atom stereocenters. The summed E-state index contributed by atoms with van der Waals surface area (Å²) in [6.45, 7) is 5.41. The van der Waals surface area contributed by atoms with Gasteiger partial charge in [0, 0.05) is 57.4 Å². The van der Waals surface area contributed by atoms with Crippen LogP contribution in [0.15, 0.2) is 0 Å². The molecule has 3 fully saturated rings. The molecule has 0 unspecified atom stereocenters. The van der Waals surface area contributed by atoms with Crippen LogP contribution in [0.5, 0.6) is 0 Å². The minimum Gasteiger partial charge on any atom is -0.298 e. The molecular formula is C12H15N4P. The normalized spacial score (nSPS) is 28.4. The van der Waals surface area contributed by atoms with Gasteiger partial charge < -0.3 is 0 Å². The predicted octanol–water partition coefficient (Wildman–Crippen LogP) is 0.221. The van der Waals surface area contributed by atoms with Gasteiger partial charge in [0.15, 0.2) is 0 Å². The molecule has 2 bridgehead atoms. The zero-order valence-corrected chi connectivity index (χ0v) is 10.6. The highest BCUT2D eigenvalue weighted by Gasteiger charge is 2.33. The molecular weight excluding hydrogens is 231 g/mol. The summed E-state index contributed by atoms with van der Waals surface area (Å²) in [4.78, 5) is 2.35. The third-order valence-electron chi connectivity index (χ3n) is 2.98. The van der Waals surface area contributed by atoms with E-state index in [1.54, 1.807) is 0 Å². The molecule has 0 aromatic heterocycles. The van der Waals surface area contributed by atoms with Crippen molar-refractivity contribution in [3.8, 4) is 37.4 Å². The standard InChI is InChI=1S/C12H15N4P/c1-4-14-10-7-13-8-11-15(5-2)17(14)16(6-3)12-9-13/h1-3H,7-12H2. The summed E-state index contributed by atoms with van der Waals surface area (Å²) < 4.78 is 5.83. The zero-order valence-electron chi connectivity index (χ0n) is 9.71. The highest BCUT2D eigenvalue weighted by Crippen LogP contribution is 2.47. The van der Waals surface area contributed by atoms with E-state index in [4.69, 9.17) is 19.3 Å². The molecule has 0 radical (unpaired) electrons. The van der Waals surface area contributed by atoms with Crippen LogP contribution >= 0.6 is 8.37 Å². The van der Waals surface area contributed by atoms with E-state index in [0.717, 1.165) is 39.3 Å². The first kappa shape index (κ1) is 11.9. The van der Waals surface area contributed by atoms with E-state index in [1.165, 1.54) is 0 Å². The van der Waals surface area contributed by atoms with Gasteiger partial charge in [-0.1, -0.05) is 19.3 Å². The molecule has 3 saturated heterocycles. The van der Waals surface area contributed by atoms with Gasteiger partial charge in [-0.2, -0.15) is 0 Å². The van der Waals surface area contributed by atoms with Gasteiger partial charge in [0.1, 0.15) is 0 Å². The molecule has 3 rings (SSSR count). The highest BCUT2D eigenvalue weighted by molar-refractivity contribution is 7.50. The van der Waals surface area contributed by atoms with Crippen molar-refractivity contribution in [3.05, 3.63) is 0 Å². The average molecular weight is 246 g/mol. The molecule has 0 amide bonds. The van der Waals surface area contributed by atoms with Crippen LogP contribution in [0.1, 0.15) is 0 Å². The van der Waals surface area contributed by atoms with E-state index in [0.29, 0.717) is 0 Å². The monoisotopic (exact) mass is 246 g/mol. The maximum atomic E-state index is 5.58. The Kier molecular flexibility index (Phi) is 3.65. The van der Waals surface area contributed by atoms with E-state index in [-0.39, 0.29) is 0 Å². The Morgan fingerprint density at radius 1 is 0.647 bits per heavy atom. The van der Waals surface area contributed by atoms with Crippen LogP contribution in [-0.4, -0.2) is 58.2 Å². The average Bonchev–Trinajstić information content (AvgIpc) is 2.29. The first-order valence-electron chi connectivity index (χ1n) is 5.53. The Labute approximate surface area is 104 Å². The van der Waals surface area contributed by atoms with Crippen molar-refractivity contribution in [2.75, 3.05) is 39.3 Å². The third kappa shape index (κ3) is 2.27. The smallest absolute Gasteiger partial charge is 0.231 e. The lowest BCUT2D eigenvalue weighted by atomic mass is 10.4. The lowest BCUT2D eigenvalue weighted by Gasteiger charge is -2.45. The van der Waals surface area contributed by atoms with Crippen LogP contribution in [0.4, 0.5) is 0 Å². The maximum absolute atomic E-state index is 5.58. The van der Waals surface area contributed by atoms with Crippen LogP contribution in [0.3, 0.4) is 0 Å². The van der Waals surface area contributed by atoms with E-state index >= 15 is 0 Å². The van der Waals surface area contributed by atoms with Crippen molar-refractivity contribution in [1.82, 2.24) is 18.9 Å². The fourth-order valence-corrected chi connectivity index (χ4v) is 3.95. The first-order chi connectivity index (χ1) is 8.30. The second kappa shape index (κ2) is 5.20. The largest absolute Gasteiger partial charge is 0.298 e. The van der Waals surface area contributed by atoms with Gasteiger partial charge in [-0.3, -0.25) is 18.9 Å². The lowest BCUT2D eigenvalue weighted by Crippen LogP contribution is -2.49. The van der Waals surface area contributed by atoms with Gasteiger partial charge in [-0.25, -0.2) is 0 Å². The topological polar surface area (TPSA) is 13.0 Å². The lowest BCUT2D eigenvalue weighted by molar-refractivity contribution is 0.213. The van der Waals surface area contributed by atoms with E-state index in [9.17, 15) is 0 Å². The Morgan fingerprint density at radius 2 is 1.00 bits per heavy atom. The van der Waals surface area contributed by atoms with E-state index in [2.05, 4.69) is 23.0 Å². The van der Waals surface area contributed by atoms with Crippen LogP contribution in [0.2, 0.25) is 0 Å². The summed E-state index contributed by atoms with van der Waals surface area (Å²) in [5.41, 5.74) is 0. The summed E-state index contributed by atoms with van der Waals surface area (Å²) in [7, 11) is -0.903. The molecule has 0 N–H and O–H groups in total. The second-order valence-electron chi connectivity index (χ2n) is 3.87. The molecule has 3 aliphatic rings. The number of nitrogens with zero attached hydrogens (tertiary/aromatic N) is 4. The van der Waals surface area contributed by atoms with Crippen LogP contribution in [0.25, 0.3) is 0 Å². The van der Waals surface area contributed by atoms with Gasteiger partial charge >= 0.3 is 0 Å². The first-order valence-corrected chi connectivity index (χ1v) is 6.73. The van der Waals surface area contributed by atoms with Crippen molar-refractivity contribution < 1.29 is 0 Å². The Balaban J connectivity index is 2.34. The van der Waals surface area contributed by atoms with Crippen LogP contribution in [-0.2, 0) is 0 Å². The minimum atomic E-state index is -0.903. The molecule has 0 spiro atoms. The molecule has 5 heteroatoms. The molecule has 88 valence electrons. The molecule has 0 aromatic carbocycles. The van der Waals surface area contributed by atoms with Crippen molar-refractivity contribution in [2.45, 2.75) is 0 Å². The highest BCUT2D eigenvalue weighted by atomic mass is 31.2. The molecule has 17 heavy (non-hydrogen) atoms. The van der Waals surface area contributed by atoms with Crippen LogP contribution in [0, 0.1) is 37.4 Å². The molecule has 4 nitrogen and oxygen atoms in total. The minimum absolute atomic E-state index is 0.818. The summed E-state index contributed by atoms with van der Waals surface area (Å²) in [5.74, 6) is 0. The molecule has 0 aliphatic carbocycles. The number of hydrogen-bond acceptors (Lipinski definition) is 4. The van der Waals surface area contributed by atoms with E-state index in [1.807, 2.05) is 14.0 Å². The molecule has 0 saturated carbocycles. The summed E-state index contributed by atoms with van der Waals surface area (Å²) in [6.07, 6.45) is 16.7. The Bertz CT molecular complexity index is 340. The summed E-state index contributed by atoms with van der Waals surface area (Å²) in [6, 6.07) is 8.15.